The van der Waals surface area contributed by atoms with Gasteiger partial charge in [0.25, 0.3) is 5.56 Å². The van der Waals surface area contributed by atoms with E-state index in [-0.39, 0.29) is 18.6 Å². The Balaban J connectivity index is 1.61. The molecule has 0 aliphatic carbocycles. The van der Waals surface area contributed by atoms with Gasteiger partial charge in [0.1, 0.15) is 18.0 Å². The first-order valence-electron chi connectivity index (χ1n) is 10.3. The number of ether oxygens (including phenoxy) is 1. The molecule has 3 heterocycles. The van der Waals surface area contributed by atoms with E-state index in [4.69, 9.17) is 4.74 Å². The van der Waals surface area contributed by atoms with Gasteiger partial charge in [-0.1, -0.05) is 30.7 Å². The molecule has 1 aromatic carbocycles. The number of rotatable bonds is 7. The van der Waals surface area contributed by atoms with Crippen molar-refractivity contribution in [3.05, 3.63) is 63.1 Å². The Morgan fingerprint density at radius 1 is 1.23 bits per heavy atom. The maximum absolute atomic E-state index is 12.4. The van der Waals surface area contributed by atoms with E-state index in [0.29, 0.717) is 5.69 Å². The van der Waals surface area contributed by atoms with Crippen LogP contribution in [-0.2, 0) is 11.2 Å². The molecular formula is C21H25N5O5. The van der Waals surface area contributed by atoms with Crippen LogP contribution >= 0.6 is 0 Å². The van der Waals surface area contributed by atoms with Crippen LogP contribution in [0.4, 0.5) is 0 Å². The third kappa shape index (κ3) is 4.36. The van der Waals surface area contributed by atoms with Gasteiger partial charge in [0, 0.05) is 12.6 Å². The largest absolute Gasteiger partial charge is 0.394 e. The fourth-order valence-electron chi connectivity index (χ4n) is 3.64. The summed E-state index contributed by atoms with van der Waals surface area (Å²) >= 11 is 0. The topological polar surface area (TPSA) is 135 Å². The minimum absolute atomic E-state index is 0.119. The van der Waals surface area contributed by atoms with E-state index in [1.54, 1.807) is 10.9 Å². The maximum atomic E-state index is 12.4. The summed E-state index contributed by atoms with van der Waals surface area (Å²) in [6.45, 7) is 1.79. The molecule has 0 bridgehead atoms. The molecule has 1 saturated heterocycles. The van der Waals surface area contributed by atoms with Gasteiger partial charge in [0.15, 0.2) is 0 Å². The smallest absolute Gasteiger partial charge is 0.330 e. The molecule has 164 valence electrons. The molecule has 0 saturated carbocycles. The van der Waals surface area contributed by atoms with E-state index in [2.05, 4.69) is 22.2 Å². The van der Waals surface area contributed by atoms with Crippen LogP contribution in [0.5, 0.6) is 0 Å². The summed E-state index contributed by atoms with van der Waals surface area (Å²) in [5.74, 6) is 0. The average Bonchev–Trinajstić information content (AvgIpc) is 3.39. The zero-order valence-electron chi connectivity index (χ0n) is 17.1. The summed E-state index contributed by atoms with van der Waals surface area (Å²) in [5.41, 5.74) is 1.23. The van der Waals surface area contributed by atoms with Crippen molar-refractivity contribution < 1.29 is 14.9 Å². The Morgan fingerprint density at radius 2 is 2.00 bits per heavy atom. The van der Waals surface area contributed by atoms with Crippen molar-refractivity contribution >= 4 is 0 Å². The van der Waals surface area contributed by atoms with Gasteiger partial charge >= 0.3 is 5.69 Å². The van der Waals surface area contributed by atoms with E-state index < -0.39 is 29.7 Å². The number of aromatic amines is 1. The highest BCUT2D eigenvalue weighted by Crippen LogP contribution is 2.28. The average molecular weight is 427 g/mol. The molecule has 10 heteroatoms. The van der Waals surface area contributed by atoms with Gasteiger partial charge in [-0.3, -0.25) is 14.3 Å². The molecule has 10 nitrogen and oxygen atoms in total. The molecule has 2 aromatic heterocycles. The van der Waals surface area contributed by atoms with Crippen LogP contribution in [0.15, 0.2) is 46.2 Å². The number of benzene rings is 1. The number of nitrogens with zero attached hydrogens (tertiary/aromatic N) is 4. The van der Waals surface area contributed by atoms with Crippen LogP contribution in [0, 0.1) is 0 Å². The molecule has 0 amide bonds. The summed E-state index contributed by atoms with van der Waals surface area (Å²) in [6.07, 6.45) is 3.87. The van der Waals surface area contributed by atoms with Gasteiger partial charge in [-0.2, -0.15) is 0 Å². The number of H-pyrrole nitrogens is 1. The van der Waals surface area contributed by atoms with Crippen molar-refractivity contribution in [2.24, 2.45) is 0 Å². The summed E-state index contributed by atoms with van der Waals surface area (Å²) in [5, 5.41) is 27.4. The Kier molecular flexibility index (Phi) is 6.12. The molecule has 1 fully saturated rings. The Morgan fingerprint density at radius 3 is 2.68 bits per heavy atom. The van der Waals surface area contributed by atoms with E-state index in [9.17, 15) is 19.8 Å². The number of aliphatic hydroxyl groups is 2. The Bertz CT molecular complexity index is 1150. The molecule has 4 rings (SSSR count). The maximum Gasteiger partial charge on any atom is 0.330 e. The first-order valence-corrected chi connectivity index (χ1v) is 10.3. The molecule has 3 aromatic rings. The first kappa shape index (κ1) is 21.2. The molecule has 3 atom stereocenters. The predicted molar refractivity (Wildman–Crippen MR) is 112 cm³/mol. The second-order valence-electron chi connectivity index (χ2n) is 7.64. The molecule has 1 aliphatic rings. The van der Waals surface area contributed by atoms with Crippen LogP contribution in [0.2, 0.25) is 0 Å². The van der Waals surface area contributed by atoms with Gasteiger partial charge in [0.2, 0.25) is 0 Å². The van der Waals surface area contributed by atoms with Crippen molar-refractivity contribution in [2.45, 2.75) is 51.0 Å². The van der Waals surface area contributed by atoms with Crippen LogP contribution in [0.25, 0.3) is 16.9 Å². The summed E-state index contributed by atoms with van der Waals surface area (Å²) in [4.78, 5) is 27.0. The number of hydrogen-bond acceptors (Lipinski definition) is 7. The highest BCUT2D eigenvalue weighted by atomic mass is 16.5. The second-order valence-corrected chi connectivity index (χ2v) is 7.64. The van der Waals surface area contributed by atoms with Gasteiger partial charge in [0.05, 0.1) is 30.2 Å². The number of nitrogens with one attached hydrogen (secondary N) is 1. The first-order chi connectivity index (χ1) is 15.0. The lowest BCUT2D eigenvalue weighted by Crippen LogP contribution is -2.33. The van der Waals surface area contributed by atoms with Gasteiger partial charge < -0.3 is 14.9 Å². The lowest BCUT2D eigenvalue weighted by molar-refractivity contribution is -0.0458. The van der Waals surface area contributed by atoms with Crippen molar-refractivity contribution in [1.82, 2.24) is 24.5 Å². The molecule has 1 aliphatic heterocycles. The number of unbranched alkanes of at least 4 members (excludes halogenated alkanes) is 1. The number of aliphatic hydroxyl groups excluding tert-OH is 2. The minimum Gasteiger partial charge on any atom is -0.394 e. The normalized spacial score (nSPS) is 20.9. The molecular weight excluding hydrogens is 402 g/mol. The quantitative estimate of drug-likeness (QED) is 0.507. The van der Waals surface area contributed by atoms with Crippen LogP contribution < -0.4 is 11.2 Å². The van der Waals surface area contributed by atoms with E-state index in [1.165, 1.54) is 16.3 Å². The van der Waals surface area contributed by atoms with Gasteiger partial charge in [-0.15, -0.1) is 5.10 Å². The summed E-state index contributed by atoms with van der Waals surface area (Å²) in [7, 11) is 0. The van der Waals surface area contributed by atoms with Crippen LogP contribution in [0.3, 0.4) is 0 Å². The number of aryl methyl sites for hydroxylation is 1. The summed E-state index contributed by atoms with van der Waals surface area (Å²) in [6, 6.07) is 7.97. The molecule has 3 N–H and O–H groups in total. The van der Waals surface area contributed by atoms with Crippen molar-refractivity contribution in [1.29, 1.82) is 0 Å². The number of aromatic nitrogens is 5. The fraction of sp³-hybridized carbons (Fsp3) is 0.429. The van der Waals surface area contributed by atoms with Crippen molar-refractivity contribution in [2.75, 3.05) is 6.61 Å². The molecule has 0 radical (unpaired) electrons. The monoisotopic (exact) mass is 427 g/mol. The highest BCUT2D eigenvalue weighted by Gasteiger charge is 2.35. The van der Waals surface area contributed by atoms with Crippen molar-refractivity contribution in [3.63, 3.8) is 0 Å². The van der Waals surface area contributed by atoms with E-state index in [1.807, 2.05) is 24.3 Å². The van der Waals surface area contributed by atoms with Crippen LogP contribution in [0.1, 0.15) is 38.0 Å². The highest BCUT2D eigenvalue weighted by molar-refractivity contribution is 5.55. The SMILES string of the molecule is CCCCc1ccc(-n2cc(-c3cn([C@H]4C[C@H](O)[C@@H](CO)O4)c(=O)[nH]c3=O)nn2)cc1. The minimum atomic E-state index is -0.904. The van der Waals surface area contributed by atoms with Crippen molar-refractivity contribution in [3.8, 4) is 16.9 Å². The third-order valence-electron chi connectivity index (χ3n) is 5.45. The zero-order valence-corrected chi connectivity index (χ0v) is 17.1. The van der Waals surface area contributed by atoms with E-state index in [0.717, 1.165) is 24.9 Å². The molecule has 31 heavy (non-hydrogen) atoms. The third-order valence-corrected chi connectivity index (χ3v) is 5.45. The Hall–Kier alpha value is -3.08. The lowest BCUT2D eigenvalue weighted by atomic mass is 10.1. The Labute approximate surface area is 177 Å². The number of hydrogen-bond donors (Lipinski definition) is 3. The fourth-order valence-corrected chi connectivity index (χ4v) is 3.64. The zero-order chi connectivity index (χ0) is 22.0. The summed E-state index contributed by atoms with van der Waals surface area (Å²) < 4.78 is 8.29. The standard InChI is InChI=1S/C21H25N5O5/c1-2-3-4-13-5-7-14(8-6-13)26-11-16(23-24-26)15-10-25(21(30)22-20(15)29)19-9-17(28)18(12-27)31-19/h5-8,10-11,17-19,27-28H,2-4,9,12H2,1H3,(H,22,29,30)/t17-,18+,19+/m0/s1. The van der Waals surface area contributed by atoms with Crippen LogP contribution in [-0.4, -0.2) is 53.6 Å². The lowest BCUT2D eigenvalue weighted by Gasteiger charge is -2.14. The van der Waals surface area contributed by atoms with Gasteiger partial charge in [-0.05, 0) is 30.5 Å². The molecule has 0 spiro atoms. The van der Waals surface area contributed by atoms with Gasteiger partial charge in [-0.25, -0.2) is 9.48 Å². The predicted octanol–water partition coefficient (Wildman–Crippen LogP) is 0.768. The molecule has 0 unspecified atom stereocenters. The van der Waals surface area contributed by atoms with E-state index >= 15 is 0 Å². The second kappa shape index (κ2) is 8.96.